The first-order chi connectivity index (χ1) is 5.06. The highest BCUT2D eigenvalue weighted by Gasteiger charge is 2.47. The van der Waals surface area contributed by atoms with Crippen LogP contribution < -0.4 is 0 Å². The smallest absolute Gasteiger partial charge is 0.00949 e. The highest BCUT2D eigenvalue weighted by atomic mass is 14.5. The summed E-state index contributed by atoms with van der Waals surface area (Å²) in [7, 11) is 0. The van der Waals surface area contributed by atoms with Crippen LogP contribution in [0.4, 0.5) is 0 Å². The van der Waals surface area contributed by atoms with E-state index in [1.165, 1.54) is 12.8 Å². The van der Waals surface area contributed by atoms with E-state index in [0.29, 0.717) is 10.8 Å². The molecule has 2 rings (SSSR count). The lowest BCUT2D eigenvalue weighted by Gasteiger charge is -2.33. The van der Waals surface area contributed by atoms with Gasteiger partial charge in [0, 0.05) is 5.41 Å². The Hall–Kier alpha value is -0.520. The average molecular weight is 148 g/mol. The summed E-state index contributed by atoms with van der Waals surface area (Å²) in [6.07, 6.45) is 9.71. The topological polar surface area (TPSA) is 0 Å². The van der Waals surface area contributed by atoms with Crippen molar-refractivity contribution in [2.45, 2.75) is 33.6 Å². The van der Waals surface area contributed by atoms with E-state index in [2.05, 4.69) is 39.0 Å². The fourth-order valence-corrected chi connectivity index (χ4v) is 2.65. The van der Waals surface area contributed by atoms with Gasteiger partial charge in [-0.1, -0.05) is 37.6 Å². The molecule has 0 nitrogen and oxygen atoms in total. The molecule has 0 amide bonds. The number of hydrogen-bond acceptors (Lipinski definition) is 0. The Labute approximate surface area is 69.0 Å². The van der Waals surface area contributed by atoms with Gasteiger partial charge < -0.3 is 0 Å². The summed E-state index contributed by atoms with van der Waals surface area (Å²) in [6, 6.07) is 0. The molecule has 0 radical (unpaired) electrons. The van der Waals surface area contributed by atoms with Crippen LogP contribution in [0.25, 0.3) is 0 Å². The van der Waals surface area contributed by atoms with Crippen LogP contribution in [-0.4, -0.2) is 0 Å². The van der Waals surface area contributed by atoms with Crippen LogP contribution in [0.2, 0.25) is 0 Å². The molecular weight excluding hydrogens is 132 g/mol. The Morgan fingerprint density at radius 2 is 2.09 bits per heavy atom. The van der Waals surface area contributed by atoms with Crippen LogP contribution in [0.15, 0.2) is 23.8 Å². The molecule has 0 saturated carbocycles. The third-order valence-corrected chi connectivity index (χ3v) is 3.55. The molecule has 0 aromatic rings. The van der Waals surface area contributed by atoms with Gasteiger partial charge in [0.2, 0.25) is 0 Å². The lowest BCUT2D eigenvalue weighted by molar-refractivity contribution is 0.217. The van der Waals surface area contributed by atoms with Crippen molar-refractivity contribution >= 4 is 0 Å². The zero-order valence-electron chi connectivity index (χ0n) is 7.65. The molecule has 0 aromatic carbocycles. The van der Waals surface area contributed by atoms with Crippen molar-refractivity contribution in [3.63, 3.8) is 0 Å². The number of rotatable bonds is 0. The maximum atomic E-state index is 2.44. The van der Waals surface area contributed by atoms with Gasteiger partial charge in [-0.2, -0.15) is 0 Å². The molecule has 0 spiro atoms. The Morgan fingerprint density at radius 1 is 1.36 bits per heavy atom. The van der Waals surface area contributed by atoms with E-state index in [1.54, 1.807) is 5.57 Å². The van der Waals surface area contributed by atoms with Gasteiger partial charge in [0.1, 0.15) is 0 Å². The van der Waals surface area contributed by atoms with Gasteiger partial charge in [-0.05, 0) is 25.2 Å². The Bertz CT molecular complexity index is 247. The molecule has 0 bridgehead atoms. The first-order valence-electron chi connectivity index (χ1n) is 4.42. The minimum absolute atomic E-state index is 0.372. The molecule has 2 aliphatic carbocycles. The van der Waals surface area contributed by atoms with Crippen LogP contribution in [0.1, 0.15) is 33.6 Å². The van der Waals surface area contributed by atoms with Gasteiger partial charge in [-0.3, -0.25) is 0 Å². The van der Waals surface area contributed by atoms with E-state index in [-0.39, 0.29) is 0 Å². The number of allylic oxidation sites excluding steroid dienone is 4. The SMILES string of the molecule is CC1=C[C@@]2(C)C=CC[C@]2(C)C1. The van der Waals surface area contributed by atoms with Crippen molar-refractivity contribution in [1.82, 2.24) is 0 Å². The van der Waals surface area contributed by atoms with E-state index < -0.39 is 0 Å². The zero-order chi connectivity index (χ0) is 8.11. The molecule has 60 valence electrons. The lowest BCUT2D eigenvalue weighted by Crippen LogP contribution is -2.26. The molecule has 11 heavy (non-hydrogen) atoms. The number of hydrogen-bond donors (Lipinski definition) is 0. The summed E-state index contributed by atoms with van der Waals surface area (Å²) in [6.45, 7) is 7.01. The summed E-state index contributed by atoms with van der Waals surface area (Å²) in [4.78, 5) is 0. The largest absolute Gasteiger partial charge is 0.0871 e. The summed E-state index contributed by atoms with van der Waals surface area (Å²) >= 11 is 0. The van der Waals surface area contributed by atoms with E-state index in [0.717, 1.165) is 0 Å². The zero-order valence-corrected chi connectivity index (χ0v) is 7.65. The van der Waals surface area contributed by atoms with Crippen molar-refractivity contribution in [2.24, 2.45) is 10.8 Å². The van der Waals surface area contributed by atoms with Crippen LogP contribution in [-0.2, 0) is 0 Å². The summed E-state index contributed by atoms with van der Waals surface area (Å²) in [5, 5.41) is 0. The second-order valence-corrected chi connectivity index (χ2v) is 4.62. The Kier molecular flexibility index (Phi) is 1.17. The third kappa shape index (κ3) is 0.756. The molecular formula is C11H16. The predicted molar refractivity (Wildman–Crippen MR) is 48.3 cm³/mol. The standard InChI is InChI=1S/C11H16/c1-9-7-10(2)5-4-6-11(10,3)8-9/h4-5,7H,6,8H2,1-3H3/t10-,11-/m1/s1. The van der Waals surface area contributed by atoms with Gasteiger partial charge >= 0.3 is 0 Å². The molecule has 0 unspecified atom stereocenters. The summed E-state index contributed by atoms with van der Waals surface area (Å²) in [5.74, 6) is 0. The molecule has 0 saturated heterocycles. The normalized spacial score (nSPS) is 47.7. The van der Waals surface area contributed by atoms with Crippen molar-refractivity contribution in [3.8, 4) is 0 Å². The van der Waals surface area contributed by atoms with Crippen molar-refractivity contribution in [1.29, 1.82) is 0 Å². The highest BCUT2D eigenvalue weighted by molar-refractivity contribution is 5.32. The lowest BCUT2D eigenvalue weighted by atomic mass is 9.70. The first kappa shape index (κ1) is 7.15. The minimum atomic E-state index is 0.372. The van der Waals surface area contributed by atoms with E-state index in [4.69, 9.17) is 0 Å². The molecule has 2 atom stereocenters. The predicted octanol–water partition coefficient (Wildman–Crippen LogP) is 3.31. The summed E-state index contributed by atoms with van der Waals surface area (Å²) in [5.41, 5.74) is 2.45. The molecule has 0 heterocycles. The van der Waals surface area contributed by atoms with Gasteiger partial charge in [-0.25, -0.2) is 0 Å². The fourth-order valence-electron chi connectivity index (χ4n) is 2.65. The third-order valence-electron chi connectivity index (χ3n) is 3.55. The highest BCUT2D eigenvalue weighted by Crippen LogP contribution is 2.57. The van der Waals surface area contributed by atoms with E-state index in [9.17, 15) is 0 Å². The molecule has 0 N–H and O–H groups in total. The second-order valence-electron chi connectivity index (χ2n) is 4.62. The van der Waals surface area contributed by atoms with Gasteiger partial charge in [0.15, 0.2) is 0 Å². The van der Waals surface area contributed by atoms with Gasteiger partial charge in [0.25, 0.3) is 0 Å². The molecule has 2 aliphatic rings. The quantitative estimate of drug-likeness (QED) is 0.462. The number of fused-ring (bicyclic) bond motifs is 1. The summed E-state index contributed by atoms with van der Waals surface area (Å²) < 4.78 is 0. The van der Waals surface area contributed by atoms with E-state index in [1.807, 2.05) is 0 Å². The van der Waals surface area contributed by atoms with Crippen LogP contribution in [0.3, 0.4) is 0 Å². The van der Waals surface area contributed by atoms with Crippen LogP contribution in [0.5, 0.6) is 0 Å². The van der Waals surface area contributed by atoms with Crippen molar-refractivity contribution in [2.75, 3.05) is 0 Å². The fraction of sp³-hybridized carbons (Fsp3) is 0.636. The Morgan fingerprint density at radius 3 is 2.73 bits per heavy atom. The second kappa shape index (κ2) is 1.80. The maximum Gasteiger partial charge on any atom is 0.00949 e. The molecule has 0 heteroatoms. The maximum absolute atomic E-state index is 2.44. The Balaban J connectivity index is 2.44. The molecule has 0 aliphatic heterocycles. The van der Waals surface area contributed by atoms with Crippen molar-refractivity contribution < 1.29 is 0 Å². The minimum Gasteiger partial charge on any atom is -0.0871 e. The van der Waals surface area contributed by atoms with Gasteiger partial charge in [-0.15, -0.1) is 0 Å². The molecule has 0 aromatic heterocycles. The monoisotopic (exact) mass is 148 g/mol. The van der Waals surface area contributed by atoms with Gasteiger partial charge in [0.05, 0.1) is 0 Å². The van der Waals surface area contributed by atoms with E-state index >= 15 is 0 Å². The first-order valence-corrected chi connectivity index (χ1v) is 4.42. The average Bonchev–Trinajstić information content (AvgIpc) is 2.16. The van der Waals surface area contributed by atoms with Crippen molar-refractivity contribution in [3.05, 3.63) is 23.8 Å². The molecule has 0 fully saturated rings. The van der Waals surface area contributed by atoms with Crippen LogP contribution in [0, 0.1) is 10.8 Å². The van der Waals surface area contributed by atoms with Crippen LogP contribution >= 0.6 is 0 Å².